The van der Waals surface area contributed by atoms with Crippen LogP contribution in [0.4, 0.5) is 0 Å². The molecule has 1 heterocycles. The van der Waals surface area contributed by atoms with E-state index in [2.05, 4.69) is 9.97 Å². The average Bonchev–Trinajstić information content (AvgIpc) is 2.04. The highest BCUT2D eigenvalue weighted by Crippen LogP contribution is 1.85. The van der Waals surface area contributed by atoms with Crippen LogP contribution in [0, 0.1) is 0 Å². The molecule has 0 aromatic carbocycles. The van der Waals surface area contributed by atoms with Gasteiger partial charge in [-0.05, 0) is 0 Å². The maximum atomic E-state index is 10.2. The van der Waals surface area contributed by atoms with Crippen LogP contribution < -0.4 is 5.46 Å². The van der Waals surface area contributed by atoms with E-state index in [9.17, 15) is 4.79 Å². The molecule has 0 aliphatic carbocycles. The topological polar surface area (TPSA) is 104 Å². The Kier molecular flexibility index (Phi) is 2.36. The Morgan fingerprint density at radius 2 is 1.83 bits per heavy atom. The predicted octanol–water partition coefficient (Wildman–Crippen LogP) is -2.15. The molecule has 0 fully saturated rings. The second-order valence-corrected chi connectivity index (χ2v) is 2.02. The zero-order valence-electron chi connectivity index (χ0n) is 5.88. The molecule has 7 heteroatoms. The van der Waals surface area contributed by atoms with Crippen molar-refractivity contribution >= 4 is 18.6 Å². The van der Waals surface area contributed by atoms with Crippen LogP contribution in [0.2, 0.25) is 0 Å². The number of nitrogens with zero attached hydrogens (tertiary/aromatic N) is 2. The molecule has 0 saturated heterocycles. The number of carbonyl (C=O) groups is 1. The van der Waals surface area contributed by atoms with Gasteiger partial charge in [0.2, 0.25) is 5.82 Å². The van der Waals surface area contributed by atoms with E-state index in [1.807, 2.05) is 0 Å². The molecule has 0 aliphatic heterocycles. The van der Waals surface area contributed by atoms with Crippen LogP contribution in [-0.4, -0.2) is 38.2 Å². The third kappa shape index (κ3) is 1.77. The molecule has 0 unspecified atom stereocenters. The fourth-order valence-electron chi connectivity index (χ4n) is 0.582. The molecule has 1 aromatic heterocycles. The van der Waals surface area contributed by atoms with Crippen molar-refractivity contribution in [1.29, 1.82) is 0 Å². The molecule has 0 radical (unpaired) electrons. The zero-order valence-corrected chi connectivity index (χ0v) is 5.88. The summed E-state index contributed by atoms with van der Waals surface area (Å²) in [5, 5.41) is 25.5. The summed E-state index contributed by atoms with van der Waals surface area (Å²) in [5.74, 6) is -1.63. The van der Waals surface area contributed by atoms with Gasteiger partial charge in [0.15, 0.2) is 0 Å². The van der Waals surface area contributed by atoms with Gasteiger partial charge in [0.05, 0.1) is 0 Å². The van der Waals surface area contributed by atoms with E-state index in [1.165, 1.54) is 0 Å². The van der Waals surface area contributed by atoms with Gasteiger partial charge in [-0.15, -0.1) is 0 Å². The van der Waals surface area contributed by atoms with E-state index in [0.717, 1.165) is 12.4 Å². The zero-order chi connectivity index (χ0) is 9.14. The molecule has 0 aliphatic rings. The van der Waals surface area contributed by atoms with Crippen LogP contribution >= 0.6 is 0 Å². The van der Waals surface area contributed by atoms with Gasteiger partial charge in [-0.25, -0.2) is 14.8 Å². The summed E-state index contributed by atoms with van der Waals surface area (Å²) in [6, 6.07) is 0. The van der Waals surface area contributed by atoms with Crippen molar-refractivity contribution in [2.75, 3.05) is 0 Å². The van der Waals surface area contributed by atoms with Gasteiger partial charge in [0.25, 0.3) is 0 Å². The minimum absolute atomic E-state index is 0.0556. The third-order valence-electron chi connectivity index (χ3n) is 1.16. The molecule has 0 bridgehead atoms. The monoisotopic (exact) mass is 168 g/mol. The van der Waals surface area contributed by atoms with Crippen molar-refractivity contribution in [2.24, 2.45) is 0 Å². The maximum absolute atomic E-state index is 10.2. The Hall–Kier alpha value is -1.47. The number of hydrogen-bond donors (Lipinski definition) is 3. The van der Waals surface area contributed by atoms with Gasteiger partial charge in [-0.3, -0.25) is 0 Å². The molecule has 6 nitrogen and oxygen atoms in total. The van der Waals surface area contributed by atoms with Gasteiger partial charge >= 0.3 is 13.1 Å². The lowest BCUT2D eigenvalue weighted by molar-refractivity contribution is 0.0683. The number of carboxylic acid groups (broad SMARTS) is 1. The van der Waals surface area contributed by atoms with Crippen molar-refractivity contribution in [3.63, 3.8) is 0 Å². The second-order valence-electron chi connectivity index (χ2n) is 2.02. The van der Waals surface area contributed by atoms with Crippen LogP contribution in [0.25, 0.3) is 0 Å². The standard InChI is InChI=1S/C5H5BN2O4/c9-5(10)4-7-1-3(2-8-4)6(11)12/h1-2,11-12H,(H,9,10). The number of aromatic carboxylic acids is 1. The molecule has 0 spiro atoms. The molecule has 0 saturated carbocycles. The lowest BCUT2D eigenvalue weighted by atomic mass is 9.83. The highest BCUT2D eigenvalue weighted by atomic mass is 16.4. The number of carboxylic acids is 1. The lowest BCUT2D eigenvalue weighted by Crippen LogP contribution is -2.31. The normalized spacial score (nSPS) is 9.50. The van der Waals surface area contributed by atoms with E-state index in [4.69, 9.17) is 15.2 Å². The van der Waals surface area contributed by atoms with Crippen molar-refractivity contribution < 1.29 is 19.9 Å². The molecule has 62 valence electrons. The molecule has 3 N–H and O–H groups in total. The van der Waals surface area contributed by atoms with Crippen molar-refractivity contribution in [3.05, 3.63) is 18.2 Å². The summed E-state index contributed by atoms with van der Waals surface area (Å²) in [6.07, 6.45) is 2.09. The third-order valence-corrected chi connectivity index (χ3v) is 1.16. The first-order chi connectivity index (χ1) is 5.61. The summed E-state index contributed by atoms with van der Waals surface area (Å²) >= 11 is 0. The van der Waals surface area contributed by atoms with Gasteiger partial charge in [0.1, 0.15) is 0 Å². The number of rotatable bonds is 2. The summed E-state index contributed by atoms with van der Waals surface area (Å²) in [4.78, 5) is 17.0. The van der Waals surface area contributed by atoms with Gasteiger partial charge in [-0.1, -0.05) is 0 Å². The van der Waals surface area contributed by atoms with Gasteiger partial charge in [0, 0.05) is 17.9 Å². The molecular weight excluding hydrogens is 163 g/mol. The molecule has 0 amide bonds. The Morgan fingerprint density at radius 3 is 2.17 bits per heavy atom. The van der Waals surface area contributed by atoms with Crippen LogP contribution in [-0.2, 0) is 0 Å². The van der Waals surface area contributed by atoms with Crippen molar-refractivity contribution in [2.45, 2.75) is 0 Å². The number of aromatic nitrogens is 2. The fraction of sp³-hybridized carbons (Fsp3) is 0. The lowest BCUT2D eigenvalue weighted by Gasteiger charge is -1.96. The minimum Gasteiger partial charge on any atom is -0.475 e. The summed E-state index contributed by atoms with van der Waals surface area (Å²) in [6.45, 7) is 0. The van der Waals surface area contributed by atoms with Gasteiger partial charge < -0.3 is 15.2 Å². The van der Waals surface area contributed by atoms with E-state index < -0.39 is 13.1 Å². The minimum atomic E-state index is -1.67. The molecule has 12 heavy (non-hydrogen) atoms. The first-order valence-corrected chi connectivity index (χ1v) is 3.02. The largest absolute Gasteiger partial charge is 0.491 e. The van der Waals surface area contributed by atoms with Crippen LogP contribution in [0.5, 0.6) is 0 Å². The van der Waals surface area contributed by atoms with Crippen LogP contribution in [0.15, 0.2) is 12.4 Å². The molecule has 1 rings (SSSR count). The maximum Gasteiger partial charge on any atom is 0.491 e. The van der Waals surface area contributed by atoms with Crippen LogP contribution in [0.3, 0.4) is 0 Å². The summed E-state index contributed by atoms with van der Waals surface area (Å²) < 4.78 is 0. The average molecular weight is 168 g/mol. The van der Waals surface area contributed by atoms with Gasteiger partial charge in [-0.2, -0.15) is 0 Å². The van der Waals surface area contributed by atoms with E-state index >= 15 is 0 Å². The predicted molar refractivity (Wildman–Crippen MR) is 38.8 cm³/mol. The van der Waals surface area contributed by atoms with Crippen molar-refractivity contribution in [1.82, 2.24) is 9.97 Å². The highest BCUT2D eigenvalue weighted by molar-refractivity contribution is 6.58. The first-order valence-electron chi connectivity index (χ1n) is 3.02. The summed E-state index contributed by atoms with van der Waals surface area (Å²) in [7, 11) is -1.67. The van der Waals surface area contributed by atoms with Crippen molar-refractivity contribution in [3.8, 4) is 0 Å². The molecular formula is C5H5BN2O4. The Bertz CT molecular complexity index is 286. The quantitative estimate of drug-likeness (QED) is 0.435. The molecule has 0 atom stereocenters. The van der Waals surface area contributed by atoms with E-state index in [1.54, 1.807) is 0 Å². The van der Waals surface area contributed by atoms with Crippen LogP contribution in [0.1, 0.15) is 10.6 Å². The number of hydrogen-bond acceptors (Lipinski definition) is 5. The Balaban J connectivity index is 2.93. The summed E-state index contributed by atoms with van der Waals surface area (Å²) in [5.41, 5.74) is 0.0556. The molecule has 1 aromatic rings. The van der Waals surface area contributed by atoms with E-state index in [0.29, 0.717) is 0 Å². The Labute approximate surface area is 67.7 Å². The second kappa shape index (κ2) is 3.29. The van der Waals surface area contributed by atoms with E-state index in [-0.39, 0.29) is 11.3 Å². The Morgan fingerprint density at radius 1 is 1.33 bits per heavy atom. The SMILES string of the molecule is O=C(O)c1ncc(B(O)O)cn1. The first kappa shape index (κ1) is 8.63. The smallest absolute Gasteiger partial charge is 0.475 e. The highest BCUT2D eigenvalue weighted by Gasteiger charge is 2.13. The fourth-order valence-corrected chi connectivity index (χ4v) is 0.582.